The van der Waals surface area contributed by atoms with E-state index in [0.717, 1.165) is 17.7 Å². The Kier molecular flexibility index (Phi) is 3.39. The lowest BCUT2D eigenvalue weighted by Gasteiger charge is -2.18. The smallest absolute Gasteiger partial charge is 0.326 e. The van der Waals surface area contributed by atoms with E-state index in [9.17, 15) is 22.4 Å². The van der Waals surface area contributed by atoms with Crippen LogP contribution in [0.1, 0.15) is 17.5 Å². The number of fused-ring (bicyclic) bond motifs is 1. The van der Waals surface area contributed by atoms with Gasteiger partial charge in [0, 0.05) is 17.7 Å². The van der Waals surface area contributed by atoms with Gasteiger partial charge in [-0.3, -0.25) is 4.79 Å². The van der Waals surface area contributed by atoms with Gasteiger partial charge in [-0.2, -0.15) is 13.2 Å². The van der Waals surface area contributed by atoms with Crippen LogP contribution in [0.15, 0.2) is 36.4 Å². The van der Waals surface area contributed by atoms with Crippen LogP contribution in [-0.2, 0) is 17.4 Å². The second-order valence-corrected chi connectivity index (χ2v) is 5.11. The van der Waals surface area contributed by atoms with Gasteiger partial charge in [-0.1, -0.05) is 12.1 Å². The minimum absolute atomic E-state index is 0.0824. The predicted molar refractivity (Wildman–Crippen MR) is 73.8 cm³/mol. The van der Waals surface area contributed by atoms with Gasteiger partial charge in [0.1, 0.15) is 5.82 Å². The van der Waals surface area contributed by atoms with E-state index >= 15 is 0 Å². The van der Waals surface area contributed by atoms with Crippen molar-refractivity contribution in [1.82, 2.24) is 0 Å². The molecular formula is C16H11F4NO. The SMILES string of the molecule is O=C1CCc2cc(-c3ccc(C(F)(F)F)cc3F)ccc2N1. The van der Waals surface area contributed by atoms with Gasteiger partial charge in [-0.15, -0.1) is 0 Å². The number of nitrogens with one attached hydrogen (secondary N) is 1. The molecule has 114 valence electrons. The van der Waals surface area contributed by atoms with E-state index < -0.39 is 17.6 Å². The monoisotopic (exact) mass is 309 g/mol. The molecule has 1 aliphatic rings. The molecule has 0 unspecified atom stereocenters. The van der Waals surface area contributed by atoms with Crippen molar-refractivity contribution < 1.29 is 22.4 Å². The van der Waals surface area contributed by atoms with Gasteiger partial charge in [0.2, 0.25) is 5.91 Å². The summed E-state index contributed by atoms with van der Waals surface area (Å²) < 4.78 is 51.7. The summed E-state index contributed by atoms with van der Waals surface area (Å²) in [6, 6.07) is 7.40. The maximum atomic E-state index is 14.0. The highest BCUT2D eigenvalue weighted by molar-refractivity contribution is 5.94. The highest BCUT2D eigenvalue weighted by atomic mass is 19.4. The molecule has 0 spiro atoms. The summed E-state index contributed by atoms with van der Waals surface area (Å²) in [4.78, 5) is 11.3. The largest absolute Gasteiger partial charge is 0.416 e. The number of aryl methyl sites for hydroxylation is 1. The van der Waals surface area contributed by atoms with Crippen molar-refractivity contribution in [3.8, 4) is 11.1 Å². The molecule has 0 aromatic heterocycles. The number of amides is 1. The normalized spacial score (nSPS) is 14.5. The third kappa shape index (κ3) is 2.68. The molecule has 0 radical (unpaired) electrons. The van der Waals surface area contributed by atoms with Crippen molar-refractivity contribution in [2.45, 2.75) is 19.0 Å². The zero-order valence-electron chi connectivity index (χ0n) is 11.3. The van der Waals surface area contributed by atoms with E-state index in [0.29, 0.717) is 30.2 Å². The maximum Gasteiger partial charge on any atom is 0.416 e. The Labute approximate surface area is 123 Å². The van der Waals surface area contributed by atoms with Gasteiger partial charge in [0.25, 0.3) is 0 Å². The van der Waals surface area contributed by atoms with Crippen LogP contribution in [0, 0.1) is 5.82 Å². The van der Waals surface area contributed by atoms with Gasteiger partial charge in [0.15, 0.2) is 0 Å². The fourth-order valence-corrected chi connectivity index (χ4v) is 2.48. The van der Waals surface area contributed by atoms with Gasteiger partial charge in [-0.25, -0.2) is 4.39 Å². The second-order valence-electron chi connectivity index (χ2n) is 5.11. The zero-order chi connectivity index (χ0) is 15.9. The van der Waals surface area contributed by atoms with Crippen LogP contribution < -0.4 is 5.32 Å². The number of anilines is 1. The molecule has 22 heavy (non-hydrogen) atoms. The summed E-state index contributed by atoms with van der Waals surface area (Å²) in [5, 5.41) is 2.70. The number of carbonyl (C=O) groups is 1. The molecule has 0 atom stereocenters. The number of alkyl halides is 3. The molecule has 1 N–H and O–H groups in total. The molecule has 0 saturated heterocycles. The molecule has 2 nitrogen and oxygen atoms in total. The average molecular weight is 309 g/mol. The van der Waals surface area contributed by atoms with E-state index in [-0.39, 0.29) is 11.5 Å². The van der Waals surface area contributed by atoms with Crippen molar-refractivity contribution in [2.24, 2.45) is 0 Å². The summed E-state index contributed by atoms with van der Waals surface area (Å²) in [6.07, 6.45) is -3.71. The van der Waals surface area contributed by atoms with Crippen molar-refractivity contribution in [1.29, 1.82) is 0 Å². The van der Waals surface area contributed by atoms with Gasteiger partial charge in [0.05, 0.1) is 5.56 Å². The second kappa shape index (κ2) is 5.12. The average Bonchev–Trinajstić information content (AvgIpc) is 2.45. The summed E-state index contributed by atoms with van der Waals surface area (Å²) >= 11 is 0. The maximum absolute atomic E-state index is 14.0. The number of hydrogen-bond donors (Lipinski definition) is 1. The molecule has 0 bridgehead atoms. The number of carbonyl (C=O) groups excluding carboxylic acids is 1. The number of halogens is 4. The minimum atomic E-state index is -4.57. The fraction of sp³-hybridized carbons (Fsp3) is 0.188. The molecule has 6 heteroatoms. The predicted octanol–water partition coefficient (Wildman–Crippen LogP) is 4.40. The van der Waals surface area contributed by atoms with E-state index in [1.165, 1.54) is 0 Å². The van der Waals surface area contributed by atoms with Gasteiger partial charge < -0.3 is 5.32 Å². The van der Waals surface area contributed by atoms with E-state index in [2.05, 4.69) is 5.32 Å². The summed E-state index contributed by atoms with van der Waals surface area (Å²) in [5.41, 5.74) is 1.08. The first-order valence-electron chi connectivity index (χ1n) is 6.64. The standard InChI is InChI=1S/C16H11F4NO/c17-13-8-11(16(18,19)20)3-4-12(13)9-1-5-14-10(7-9)2-6-15(22)21-14/h1,3-5,7-8H,2,6H2,(H,21,22). The first-order valence-corrected chi connectivity index (χ1v) is 6.64. The Morgan fingerprint density at radius 1 is 1.00 bits per heavy atom. The fourth-order valence-electron chi connectivity index (χ4n) is 2.48. The third-order valence-corrected chi connectivity index (χ3v) is 3.61. The van der Waals surface area contributed by atoms with Crippen LogP contribution in [0.4, 0.5) is 23.2 Å². The Balaban J connectivity index is 2.00. The van der Waals surface area contributed by atoms with Crippen LogP contribution >= 0.6 is 0 Å². The molecule has 0 aliphatic carbocycles. The van der Waals surface area contributed by atoms with Crippen molar-refractivity contribution >= 4 is 11.6 Å². The summed E-state index contributed by atoms with van der Waals surface area (Å²) in [6.45, 7) is 0. The molecular weight excluding hydrogens is 298 g/mol. The van der Waals surface area contributed by atoms with Crippen molar-refractivity contribution in [2.75, 3.05) is 5.32 Å². The zero-order valence-corrected chi connectivity index (χ0v) is 11.3. The minimum Gasteiger partial charge on any atom is -0.326 e. The molecule has 2 aromatic rings. The van der Waals surface area contributed by atoms with Crippen LogP contribution in [0.3, 0.4) is 0 Å². The quantitative estimate of drug-likeness (QED) is 0.777. The Morgan fingerprint density at radius 2 is 1.77 bits per heavy atom. The summed E-state index contributed by atoms with van der Waals surface area (Å²) in [7, 11) is 0. The highest BCUT2D eigenvalue weighted by Crippen LogP contribution is 2.34. The third-order valence-electron chi connectivity index (χ3n) is 3.61. The van der Waals surface area contributed by atoms with Gasteiger partial charge >= 0.3 is 6.18 Å². The van der Waals surface area contributed by atoms with Crippen molar-refractivity contribution in [3.63, 3.8) is 0 Å². The molecule has 1 heterocycles. The van der Waals surface area contributed by atoms with Crippen LogP contribution in [0.2, 0.25) is 0 Å². The lowest BCUT2D eigenvalue weighted by Crippen LogP contribution is -2.18. The molecule has 2 aromatic carbocycles. The number of hydrogen-bond acceptors (Lipinski definition) is 1. The lowest BCUT2D eigenvalue weighted by atomic mass is 9.96. The first kappa shape index (κ1) is 14.6. The Morgan fingerprint density at radius 3 is 2.45 bits per heavy atom. The lowest BCUT2D eigenvalue weighted by molar-refractivity contribution is -0.137. The van der Waals surface area contributed by atoms with Gasteiger partial charge in [-0.05, 0) is 41.8 Å². The Hall–Kier alpha value is -2.37. The van der Waals surface area contributed by atoms with E-state index in [4.69, 9.17) is 0 Å². The molecule has 0 saturated carbocycles. The van der Waals surface area contributed by atoms with E-state index in [1.54, 1.807) is 18.2 Å². The van der Waals surface area contributed by atoms with Crippen LogP contribution in [-0.4, -0.2) is 5.91 Å². The molecule has 0 fully saturated rings. The molecule has 1 aliphatic heterocycles. The van der Waals surface area contributed by atoms with E-state index in [1.807, 2.05) is 0 Å². The van der Waals surface area contributed by atoms with Crippen molar-refractivity contribution in [3.05, 3.63) is 53.3 Å². The number of rotatable bonds is 1. The van der Waals surface area contributed by atoms with Crippen LogP contribution in [0.25, 0.3) is 11.1 Å². The highest BCUT2D eigenvalue weighted by Gasteiger charge is 2.31. The molecule has 1 amide bonds. The summed E-state index contributed by atoms with van der Waals surface area (Å²) in [5.74, 6) is -1.00. The number of benzene rings is 2. The van der Waals surface area contributed by atoms with Crippen LogP contribution in [0.5, 0.6) is 0 Å². The Bertz CT molecular complexity index is 752. The topological polar surface area (TPSA) is 29.1 Å². The first-order chi connectivity index (χ1) is 10.3. The molecule has 3 rings (SSSR count).